The molecule has 0 radical (unpaired) electrons. The van der Waals surface area contributed by atoms with E-state index in [0.29, 0.717) is 17.8 Å². The lowest BCUT2D eigenvalue weighted by molar-refractivity contribution is -0.0372. The van der Waals surface area contributed by atoms with Gasteiger partial charge in [-0.25, -0.2) is 0 Å². The first-order chi connectivity index (χ1) is 17.0. The number of hydrogen-bond donors (Lipinski definition) is 0. The molecule has 0 saturated heterocycles. The third kappa shape index (κ3) is 3.54. The average molecular weight is 495 g/mol. The Balaban J connectivity index is 2.11. The van der Waals surface area contributed by atoms with E-state index in [-0.39, 0.29) is 16.2 Å². The Morgan fingerprint density at radius 1 is 1.05 bits per heavy atom. The Labute approximate surface area is 228 Å². The van der Waals surface area contributed by atoms with Crippen LogP contribution >= 0.6 is 0 Å². The molecule has 0 unspecified atom stereocenters. The van der Waals surface area contributed by atoms with Gasteiger partial charge in [0.2, 0.25) is 0 Å². The molecule has 0 amide bonds. The maximum Gasteiger partial charge on any atom is 0.0197 e. The highest BCUT2D eigenvalue weighted by atomic mass is 14.7. The van der Waals surface area contributed by atoms with Crippen molar-refractivity contribution in [2.75, 3.05) is 0 Å². The summed E-state index contributed by atoms with van der Waals surface area (Å²) < 4.78 is 0. The molecule has 0 heteroatoms. The smallest absolute Gasteiger partial charge is 0.0197 e. The van der Waals surface area contributed by atoms with Crippen LogP contribution in [-0.2, 0) is 0 Å². The third-order valence-corrected chi connectivity index (χ3v) is 11.2. The monoisotopic (exact) mass is 494 g/mol. The highest BCUT2D eigenvalue weighted by Crippen LogP contribution is 2.75. The fourth-order valence-electron chi connectivity index (χ4n) is 9.27. The van der Waals surface area contributed by atoms with E-state index in [1.165, 1.54) is 55.7 Å². The zero-order valence-corrected chi connectivity index (χ0v) is 25.4. The molecular weight excluding hydrogens is 444 g/mol. The lowest BCUT2D eigenvalue weighted by Gasteiger charge is -2.67. The van der Waals surface area contributed by atoms with Gasteiger partial charge in [0.15, 0.2) is 0 Å². The van der Waals surface area contributed by atoms with E-state index in [4.69, 9.17) is 13.2 Å². The van der Waals surface area contributed by atoms with Crippen LogP contribution in [0.5, 0.6) is 0 Å². The van der Waals surface area contributed by atoms with Crippen LogP contribution in [0.15, 0.2) is 83.5 Å². The Hall–Kier alpha value is -2.34. The molecule has 3 aliphatic rings. The molecular formula is C37H50. The summed E-state index contributed by atoms with van der Waals surface area (Å²) in [5.74, 6) is 1.41. The molecule has 0 aliphatic heterocycles. The number of fused-ring (bicyclic) bond motifs is 3. The van der Waals surface area contributed by atoms with Crippen LogP contribution in [0.2, 0.25) is 0 Å². The normalized spacial score (nSPS) is 33.4. The zero-order chi connectivity index (χ0) is 27.8. The first kappa shape index (κ1) is 27.7. The maximum absolute atomic E-state index is 4.84. The Kier molecular flexibility index (Phi) is 6.63. The predicted octanol–water partition coefficient (Wildman–Crippen LogP) is 10.9. The van der Waals surface area contributed by atoms with Gasteiger partial charge in [0.05, 0.1) is 0 Å². The summed E-state index contributed by atoms with van der Waals surface area (Å²) in [6, 6.07) is 6.84. The van der Waals surface area contributed by atoms with Crippen molar-refractivity contribution in [3.63, 3.8) is 0 Å². The molecule has 5 atom stereocenters. The second-order valence-electron chi connectivity index (χ2n) is 13.8. The van der Waals surface area contributed by atoms with E-state index in [9.17, 15) is 0 Å². The van der Waals surface area contributed by atoms with Gasteiger partial charge in [-0.1, -0.05) is 108 Å². The quantitative estimate of drug-likeness (QED) is 0.357. The molecule has 37 heavy (non-hydrogen) atoms. The number of benzene rings is 1. The van der Waals surface area contributed by atoms with Crippen molar-refractivity contribution < 1.29 is 0 Å². The standard InChI is InChI=1S/C37H50/c1-21(2)18-23(5)19-31-35(12)20-25(7)32(22(3)4)28(10)37(35,14)29(11)34-26(8)33-24(6)16-15-17-30(33)27(9)36(31,34)13/h15-17,21,27,31H,3,5,8,10,18-20H2,1-2,4,6-7,9,11-14H3/t27-,31+,35+,36-,37-/m1/s1. The summed E-state index contributed by atoms with van der Waals surface area (Å²) >= 11 is 0. The molecule has 1 aromatic rings. The van der Waals surface area contributed by atoms with Crippen LogP contribution in [-0.4, -0.2) is 0 Å². The minimum absolute atomic E-state index is 0.00520. The van der Waals surface area contributed by atoms with Gasteiger partial charge in [0.25, 0.3) is 0 Å². The highest BCUT2D eigenvalue weighted by Gasteiger charge is 2.66. The largest absolute Gasteiger partial charge is 0.0998 e. The molecule has 0 heterocycles. The molecule has 0 saturated carbocycles. The number of hydrogen-bond acceptors (Lipinski definition) is 0. The Morgan fingerprint density at radius 3 is 2.24 bits per heavy atom. The van der Waals surface area contributed by atoms with Gasteiger partial charge in [-0.2, -0.15) is 0 Å². The lowest BCUT2D eigenvalue weighted by Crippen LogP contribution is -2.59. The van der Waals surface area contributed by atoms with E-state index in [0.717, 1.165) is 24.8 Å². The first-order valence-corrected chi connectivity index (χ1v) is 14.3. The molecule has 198 valence electrons. The second kappa shape index (κ2) is 8.86. The third-order valence-electron chi connectivity index (χ3n) is 11.2. The van der Waals surface area contributed by atoms with Gasteiger partial charge in [0, 0.05) is 10.8 Å². The zero-order valence-electron chi connectivity index (χ0n) is 25.4. The van der Waals surface area contributed by atoms with Gasteiger partial charge in [-0.05, 0) is 109 Å². The SMILES string of the molecule is C=C(CC(C)C)C[C@@H]1[C@]2(C)C(=C(C)[C@@]3(C)C(=C)C(C(=C)C)=C(C)C[C@@]13C)C(=C)c1c(C)cccc1[C@H]2C. The molecule has 1 aromatic carbocycles. The number of rotatable bonds is 5. The van der Waals surface area contributed by atoms with E-state index in [1.807, 2.05) is 0 Å². The fourth-order valence-corrected chi connectivity index (χ4v) is 9.27. The van der Waals surface area contributed by atoms with Crippen molar-refractivity contribution in [1.82, 2.24) is 0 Å². The average Bonchev–Trinajstić information content (AvgIpc) is 2.77. The summed E-state index contributed by atoms with van der Waals surface area (Å²) in [6.45, 7) is 42.6. The number of allylic oxidation sites excluding steroid dienone is 8. The van der Waals surface area contributed by atoms with E-state index < -0.39 is 0 Å². The minimum atomic E-state index is -0.179. The van der Waals surface area contributed by atoms with Gasteiger partial charge in [-0.15, -0.1) is 0 Å². The van der Waals surface area contributed by atoms with Crippen molar-refractivity contribution in [3.05, 3.63) is 100 Å². The van der Waals surface area contributed by atoms with E-state index in [2.05, 4.69) is 101 Å². The van der Waals surface area contributed by atoms with Crippen molar-refractivity contribution in [2.24, 2.45) is 28.1 Å². The summed E-state index contributed by atoms with van der Waals surface area (Å²) in [7, 11) is 0. The van der Waals surface area contributed by atoms with Gasteiger partial charge in [0.1, 0.15) is 0 Å². The van der Waals surface area contributed by atoms with Crippen LogP contribution in [0.3, 0.4) is 0 Å². The van der Waals surface area contributed by atoms with Gasteiger partial charge in [-0.3, -0.25) is 0 Å². The van der Waals surface area contributed by atoms with Crippen LogP contribution in [0.25, 0.3) is 5.57 Å². The molecule has 0 fully saturated rings. The summed E-state index contributed by atoms with van der Waals surface area (Å²) in [6.07, 6.45) is 3.18. The molecule has 4 rings (SSSR count). The molecule has 3 aliphatic carbocycles. The number of aryl methyl sites for hydroxylation is 1. The molecule has 0 aromatic heterocycles. The van der Waals surface area contributed by atoms with Crippen molar-refractivity contribution >= 4 is 5.57 Å². The van der Waals surface area contributed by atoms with Gasteiger partial charge >= 0.3 is 0 Å². The van der Waals surface area contributed by atoms with Crippen molar-refractivity contribution in [3.8, 4) is 0 Å². The Bertz CT molecular complexity index is 1290. The summed E-state index contributed by atoms with van der Waals surface area (Å²) in [4.78, 5) is 0. The molecule has 0 nitrogen and oxygen atoms in total. The maximum atomic E-state index is 4.84. The molecule has 0 N–H and O–H groups in total. The fraction of sp³-hybridized carbons (Fsp3) is 0.514. The Morgan fingerprint density at radius 2 is 1.68 bits per heavy atom. The predicted molar refractivity (Wildman–Crippen MR) is 164 cm³/mol. The van der Waals surface area contributed by atoms with Crippen LogP contribution < -0.4 is 0 Å². The van der Waals surface area contributed by atoms with Crippen LogP contribution in [0.4, 0.5) is 0 Å². The van der Waals surface area contributed by atoms with Crippen molar-refractivity contribution in [1.29, 1.82) is 0 Å². The first-order valence-electron chi connectivity index (χ1n) is 14.3. The second-order valence-corrected chi connectivity index (χ2v) is 13.8. The summed E-state index contributed by atoms with van der Waals surface area (Å²) in [5, 5.41) is 0. The van der Waals surface area contributed by atoms with E-state index >= 15 is 0 Å². The topological polar surface area (TPSA) is 0 Å². The van der Waals surface area contributed by atoms with E-state index in [1.54, 1.807) is 0 Å². The van der Waals surface area contributed by atoms with Gasteiger partial charge < -0.3 is 0 Å². The van der Waals surface area contributed by atoms with Crippen LogP contribution in [0.1, 0.15) is 104 Å². The highest BCUT2D eigenvalue weighted by molar-refractivity contribution is 5.87. The lowest BCUT2D eigenvalue weighted by atomic mass is 9.36. The molecule has 0 spiro atoms. The minimum Gasteiger partial charge on any atom is -0.0998 e. The summed E-state index contributed by atoms with van der Waals surface area (Å²) in [5.41, 5.74) is 14.6. The van der Waals surface area contributed by atoms with Crippen LogP contribution in [0, 0.1) is 35.0 Å². The van der Waals surface area contributed by atoms with Crippen molar-refractivity contribution in [2.45, 2.75) is 94.4 Å². The molecule has 0 bridgehead atoms.